The molecule has 0 radical (unpaired) electrons. The van der Waals surface area contributed by atoms with Crippen LogP contribution in [-0.2, 0) is 0 Å². The van der Waals surface area contributed by atoms with Crippen molar-refractivity contribution >= 4 is 17.3 Å². The summed E-state index contributed by atoms with van der Waals surface area (Å²) >= 11 is 0. The second kappa shape index (κ2) is 5.46. The van der Waals surface area contributed by atoms with E-state index < -0.39 is 0 Å². The molecule has 0 amide bonds. The first-order chi connectivity index (χ1) is 11.6. The zero-order valence-electron chi connectivity index (χ0n) is 13.2. The second-order valence-corrected chi connectivity index (χ2v) is 6.00. The fourth-order valence-corrected chi connectivity index (χ4v) is 3.19. The summed E-state index contributed by atoms with van der Waals surface area (Å²) in [5, 5.41) is 11.2. The summed E-state index contributed by atoms with van der Waals surface area (Å²) in [6.07, 6.45) is 2.10. The number of nitro benzene ring substituents is 1. The Morgan fingerprint density at radius 2 is 1.50 bits per heavy atom. The minimum absolute atomic E-state index is 0.122. The highest BCUT2D eigenvalue weighted by atomic mass is 16.6. The highest BCUT2D eigenvalue weighted by molar-refractivity contribution is 6.06. The normalized spacial score (nSPS) is 13.6. The third-order valence-corrected chi connectivity index (χ3v) is 4.40. The van der Waals surface area contributed by atoms with Crippen LogP contribution < -0.4 is 0 Å². The summed E-state index contributed by atoms with van der Waals surface area (Å²) in [6, 6.07) is 21.5. The van der Waals surface area contributed by atoms with Crippen LogP contribution in [0.4, 0.5) is 5.69 Å². The Hall–Kier alpha value is -3.20. The van der Waals surface area contributed by atoms with Gasteiger partial charge in [0.2, 0.25) is 0 Å². The smallest absolute Gasteiger partial charge is 0.258 e. The standard InChI is InChI=1S/C21H15NO2/c1-14-6-8-15(9-7-14)12-20-18-5-3-2-4-17(18)19-11-10-16(22(23)24)13-21(19)20/h2-13H,1H3/b20-12+. The fraction of sp³-hybridized carbons (Fsp3) is 0.0476. The van der Waals surface area contributed by atoms with Crippen molar-refractivity contribution in [2.75, 3.05) is 0 Å². The number of aryl methyl sites for hydroxylation is 1. The Labute approximate surface area is 140 Å². The Bertz CT molecular complexity index is 985. The second-order valence-electron chi connectivity index (χ2n) is 6.00. The van der Waals surface area contributed by atoms with E-state index in [2.05, 4.69) is 49.4 Å². The van der Waals surface area contributed by atoms with E-state index in [0.717, 1.165) is 33.4 Å². The Balaban J connectivity index is 1.95. The molecule has 0 spiro atoms. The summed E-state index contributed by atoms with van der Waals surface area (Å²) in [5.74, 6) is 0. The summed E-state index contributed by atoms with van der Waals surface area (Å²) < 4.78 is 0. The van der Waals surface area contributed by atoms with Crippen LogP contribution in [-0.4, -0.2) is 4.92 Å². The van der Waals surface area contributed by atoms with Crippen LogP contribution in [0.1, 0.15) is 22.3 Å². The van der Waals surface area contributed by atoms with E-state index in [0.29, 0.717) is 0 Å². The molecule has 0 N–H and O–H groups in total. The maximum atomic E-state index is 11.2. The number of rotatable bonds is 2. The number of fused-ring (bicyclic) bond motifs is 3. The van der Waals surface area contributed by atoms with E-state index in [1.165, 1.54) is 5.56 Å². The molecule has 24 heavy (non-hydrogen) atoms. The van der Waals surface area contributed by atoms with Crippen molar-refractivity contribution in [3.8, 4) is 11.1 Å². The van der Waals surface area contributed by atoms with E-state index in [9.17, 15) is 10.1 Å². The number of hydrogen-bond donors (Lipinski definition) is 0. The molecule has 3 aromatic carbocycles. The van der Waals surface area contributed by atoms with Gasteiger partial charge in [0.1, 0.15) is 0 Å². The molecule has 3 nitrogen and oxygen atoms in total. The molecule has 0 fully saturated rings. The van der Waals surface area contributed by atoms with Gasteiger partial charge in [-0.05, 0) is 52.5 Å². The molecule has 0 aromatic heterocycles. The number of non-ortho nitro benzene ring substituents is 1. The number of benzene rings is 3. The lowest BCUT2D eigenvalue weighted by Crippen LogP contribution is -1.89. The van der Waals surface area contributed by atoms with Crippen LogP contribution in [0.25, 0.3) is 22.8 Å². The predicted octanol–water partition coefficient (Wildman–Crippen LogP) is 5.47. The Kier molecular flexibility index (Phi) is 3.28. The van der Waals surface area contributed by atoms with Crippen LogP contribution in [0.5, 0.6) is 0 Å². The molecular weight excluding hydrogens is 298 g/mol. The van der Waals surface area contributed by atoms with Crippen LogP contribution >= 0.6 is 0 Å². The van der Waals surface area contributed by atoms with Gasteiger partial charge in [-0.25, -0.2) is 0 Å². The summed E-state index contributed by atoms with van der Waals surface area (Å²) in [6.45, 7) is 2.06. The molecule has 4 rings (SSSR count). The van der Waals surface area contributed by atoms with E-state index in [1.54, 1.807) is 12.1 Å². The van der Waals surface area contributed by atoms with Gasteiger partial charge in [-0.15, -0.1) is 0 Å². The molecule has 0 bridgehead atoms. The topological polar surface area (TPSA) is 43.1 Å². The van der Waals surface area contributed by atoms with Gasteiger partial charge in [-0.3, -0.25) is 10.1 Å². The van der Waals surface area contributed by atoms with Crippen molar-refractivity contribution in [1.82, 2.24) is 0 Å². The molecule has 3 aromatic rings. The van der Waals surface area contributed by atoms with Crippen molar-refractivity contribution in [2.45, 2.75) is 6.92 Å². The lowest BCUT2D eigenvalue weighted by Gasteiger charge is -2.04. The fourth-order valence-electron chi connectivity index (χ4n) is 3.19. The van der Waals surface area contributed by atoms with Crippen LogP contribution in [0.15, 0.2) is 66.7 Å². The highest BCUT2D eigenvalue weighted by Gasteiger charge is 2.25. The molecule has 0 saturated carbocycles. The van der Waals surface area contributed by atoms with E-state index >= 15 is 0 Å². The zero-order chi connectivity index (χ0) is 16.7. The highest BCUT2D eigenvalue weighted by Crippen LogP contribution is 2.46. The summed E-state index contributed by atoms with van der Waals surface area (Å²) in [4.78, 5) is 10.8. The predicted molar refractivity (Wildman–Crippen MR) is 96.7 cm³/mol. The average Bonchev–Trinajstić information content (AvgIpc) is 2.90. The van der Waals surface area contributed by atoms with Crippen molar-refractivity contribution in [3.05, 3.63) is 99.1 Å². The van der Waals surface area contributed by atoms with E-state index in [-0.39, 0.29) is 10.6 Å². The minimum atomic E-state index is -0.341. The maximum absolute atomic E-state index is 11.2. The molecule has 116 valence electrons. The van der Waals surface area contributed by atoms with Gasteiger partial charge in [0.05, 0.1) is 4.92 Å². The van der Waals surface area contributed by atoms with Crippen molar-refractivity contribution in [3.63, 3.8) is 0 Å². The van der Waals surface area contributed by atoms with E-state index in [1.807, 2.05) is 18.2 Å². The van der Waals surface area contributed by atoms with Crippen molar-refractivity contribution in [2.24, 2.45) is 0 Å². The molecule has 0 saturated heterocycles. The first kappa shape index (κ1) is 14.4. The number of nitrogens with zero attached hydrogens (tertiary/aromatic N) is 1. The lowest BCUT2D eigenvalue weighted by molar-refractivity contribution is -0.384. The Morgan fingerprint density at radius 3 is 2.21 bits per heavy atom. The average molecular weight is 313 g/mol. The van der Waals surface area contributed by atoms with Gasteiger partial charge < -0.3 is 0 Å². The van der Waals surface area contributed by atoms with Crippen molar-refractivity contribution < 1.29 is 4.92 Å². The molecule has 0 atom stereocenters. The molecule has 0 aliphatic heterocycles. The van der Waals surface area contributed by atoms with Crippen LogP contribution in [0.2, 0.25) is 0 Å². The zero-order valence-corrected chi connectivity index (χ0v) is 13.2. The first-order valence-corrected chi connectivity index (χ1v) is 7.80. The lowest BCUT2D eigenvalue weighted by atomic mass is 10.0. The van der Waals surface area contributed by atoms with Gasteiger partial charge in [-0.2, -0.15) is 0 Å². The third kappa shape index (κ3) is 2.31. The molecule has 0 heterocycles. The van der Waals surface area contributed by atoms with Crippen LogP contribution in [0, 0.1) is 17.0 Å². The maximum Gasteiger partial charge on any atom is 0.270 e. The molecule has 1 aliphatic rings. The minimum Gasteiger partial charge on any atom is -0.258 e. The van der Waals surface area contributed by atoms with Gasteiger partial charge >= 0.3 is 0 Å². The van der Waals surface area contributed by atoms with Gasteiger partial charge in [0, 0.05) is 12.1 Å². The Morgan fingerprint density at radius 1 is 0.833 bits per heavy atom. The van der Waals surface area contributed by atoms with Gasteiger partial charge in [-0.1, -0.05) is 54.1 Å². The van der Waals surface area contributed by atoms with Crippen LogP contribution in [0.3, 0.4) is 0 Å². The van der Waals surface area contributed by atoms with Gasteiger partial charge in [0.15, 0.2) is 0 Å². The molecule has 1 aliphatic carbocycles. The summed E-state index contributed by atoms with van der Waals surface area (Å²) in [5.41, 5.74) is 7.67. The van der Waals surface area contributed by atoms with Crippen molar-refractivity contribution in [1.29, 1.82) is 0 Å². The largest absolute Gasteiger partial charge is 0.270 e. The number of nitro groups is 1. The van der Waals surface area contributed by atoms with Gasteiger partial charge in [0.25, 0.3) is 5.69 Å². The summed E-state index contributed by atoms with van der Waals surface area (Å²) in [7, 11) is 0. The molecule has 3 heteroatoms. The third-order valence-electron chi connectivity index (χ3n) is 4.40. The van der Waals surface area contributed by atoms with E-state index in [4.69, 9.17) is 0 Å². The monoisotopic (exact) mass is 313 g/mol. The SMILES string of the molecule is Cc1ccc(/C=C2\c3ccccc3-c3ccc([N+](=O)[O-])cc32)cc1. The quantitative estimate of drug-likeness (QED) is 0.363. The molecular formula is C21H15NO2. The molecule has 0 unspecified atom stereocenters. The number of hydrogen-bond acceptors (Lipinski definition) is 2. The first-order valence-electron chi connectivity index (χ1n) is 7.80.